The fourth-order valence-corrected chi connectivity index (χ4v) is 2.45. The van der Waals surface area contributed by atoms with Crippen molar-refractivity contribution in [2.24, 2.45) is 0 Å². The minimum atomic E-state index is 0.350. The van der Waals surface area contributed by atoms with Gasteiger partial charge in [0.2, 0.25) is 0 Å². The van der Waals surface area contributed by atoms with Crippen molar-refractivity contribution in [2.75, 3.05) is 23.8 Å². The lowest BCUT2D eigenvalue weighted by Crippen LogP contribution is -2.17. The summed E-state index contributed by atoms with van der Waals surface area (Å²) in [6, 6.07) is 8.44. The van der Waals surface area contributed by atoms with Crippen molar-refractivity contribution in [3.63, 3.8) is 0 Å². The number of anilines is 3. The van der Waals surface area contributed by atoms with Crippen molar-refractivity contribution < 1.29 is 0 Å². The van der Waals surface area contributed by atoms with Gasteiger partial charge in [-0.2, -0.15) is 0 Å². The molecule has 1 aromatic carbocycles. The van der Waals surface area contributed by atoms with Crippen molar-refractivity contribution in [1.82, 2.24) is 9.97 Å². The molecule has 0 bridgehead atoms. The van der Waals surface area contributed by atoms with Gasteiger partial charge in [0.25, 0.3) is 0 Å². The number of hydrogen-bond acceptors (Lipinski definition) is 4. The smallest absolute Gasteiger partial charge is 0.141 e. The summed E-state index contributed by atoms with van der Waals surface area (Å²) in [4.78, 5) is 11.0. The second-order valence-corrected chi connectivity index (χ2v) is 5.54. The zero-order chi connectivity index (χ0) is 15.4. The standard InChI is InChI=1S/C17H24N4/c1-6-18-16-15(12(2)3)17(20-11-19-16)21(5)14-9-7-8-13(4)10-14/h7-12H,6H2,1-5H3,(H,18,19,20). The van der Waals surface area contributed by atoms with Gasteiger partial charge in [0.1, 0.15) is 18.0 Å². The van der Waals surface area contributed by atoms with E-state index < -0.39 is 0 Å². The molecule has 0 fully saturated rings. The summed E-state index contributed by atoms with van der Waals surface area (Å²) >= 11 is 0. The Morgan fingerprint density at radius 3 is 2.62 bits per heavy atom. The predicted molar refractivity (Wildman–Crippen MR) is 89.5 cm³/mol. The van der Waals surface area contributed by atoms with Crippen LogP contribution in [0.3, 0.4) is 0 Å². The Kier molecular flexibility index (Phi) is 4.78. The van der Waals surface area contributed by atoms with Gasteiger partial charge in [0.15, 0.2) is 0 Å². The van der Waals surface area contributed by atoms with E-state index in [9.17, 15) is 0 Å². The number of rotatable bonds is 5. The maximum Gasteiger partial charge on any atom is 0.141 e. The molecule has 2 aromatic rings. The molecule has 0 amide bonds. The molecule has 112 valence electrons. The lowest BCUT2D eigenvalue weighted by atomic mass is 10.0. The molecule has 4 nitrogen and oxygen atoms in total. The Morgan fingerprint density at radius 2 is 2.00 bits per heavy atom. The van der Waals surface area contributed by atoms with Crippen molar-refractivity contribution in [3.05, 3.63) is 41.7 Å². The van der Waals surface area contributed by atoms with E-state index in [1.165, 1.54) is 5.56 Å². The fourth-order valence-electron chi connectivity index (χ4n) is 2.45. The molecule has 0 radical (unpaired) electrons. The van der Waals surface area contributed by atoms with Gasteiger partial charge in [0, 0.05) is 24.8 Å². The zero-order valence-corrected chi connectivity index (χ0v) is 13.5. The molecular formula is C17H24N4. The molecule has 2 rings (SSSR count). The Balaban J connectivity index is 2.49. The highest BCUT2D eigenvalue weighted by Gasteiger charge is 2.18. The van der Waals surface area contributed by atoms with E-state index in [2.05, 4.69) is 79.2 Å². The first kappa shape index (κ1) is 15.3. The molecule has 4 heteroatoms. The number of aryl methyl sites for hydroxylation is 1. The molecule has 0 aliphatic rings. The summed E-state index contributed by atoms with van der Waals surface area (Å²) in [6.07, 6.45) is 1.63. The van der Waals surface area contributed by atoms with Crippen molar-refractivity contribution in [1.29, 1.82) is 0 Å². The van der Waals surface area contributed by atoms with Gasteiger partial charge in [-0.25, -0.2) is 9.97 Å². The molecule has 1 heterocycles. The Morgan fingerprint density at radius 1 is 1.24 bits per heavy atom. The summed E-state index contributed by atoms with van der Waals surface area (Å²) in [6.45, 7) is 9.38. The van der Waals surface area contributed by atoms with E-state index in [0.29, 0.717) is 5.92 Å². The van der Waals surface area contributed by atoms with Crippen LogP contribution in [-0.2, 0) is 0 Å². The molecule has 0 saturated heterocycles. The maximum absolute atomic E-state index is 4.52. The summed E-state index contributed by atoms with van der Waals surface area (Å²) in [5, 5.41) is 3.34. The van der Waals surface area contributed by atoms with Crippen LogP contribution in [0.4, 0.5) is 17.3 Å². The molecule has 0 aliphatic carbocycles. The minimum absolute atomic E-state index is 0.350. The number of nitrogens with zero attached hydrogens (tertiary/aromatic N) is 3. The van der Waals surface area contributed by atoms with Crippen LogP contribution in [0, 0.1) is 6.92 Å². The first-order valence-electron chi connectivity index (χ1n) is 7.43. The molecule has 1 aromatic heterocycles. The molecule has 0 spiro atoms. The summed E-state index contributed by atoms with van der Waals surface area (Å²) < 4.78 is 0. The second kappa shape index (κ2) is 6.57. The van der Waals surface area contributed by atoms with Gasteiger partial charge in [-0.1, -0.05) is 26.0 Å². The van der Waals surface area contributed by atoms with Crippen LogP contribution in [0.25, 0.3) is 0 Å². The van der Waals surface area contributed by atoms with Crippen LogP contribution in [0.1, 0.15) is 37.8 Å². The van der Waals surface area contributed by atoms with E-state index in [-0.39, 0.29) is 0 Å². The quantitative estimate of drug-likeness (QED) is 0.897. The van der Waals surface area contributed by atoms with Gasteiger partial charge in [-0.05, 0) is 37.5 Å². The van der Waals surface area contributed by atoms with Crippen molar-refractivity contribution in [2.45, 2.75) is 33.6 Å². The average molecular weight is 284 g/mol. The number of hydrogen-bond donors (Lipinski definition) is 1. The Bertz CT molecular complexity index is 607. The lowest BCUT2D eigenvalue weighted by molar-refractivity contribution is 0.839. The van der Waals surface area contributed by atoms with Crippen LogP contribution >= 0.6 is 0 Å². The summed E-state index contributed by atoms with van der Waals surface area (Å²) in [5.41, 5.74) is 3.54. The highest BCUT2D eigenvalue weighted by molar-refractivity contribution is 5.68. The molecular weight excluding hydrogens is 260 g/mol. The number of nitrogens with one attached hydrogen (secondary N) is 1. The number of benzene rings is 1. The monoisotopic (exact) mass is 284 g/mol. The second-order valence-electron chi connectivity index (χ2n) is 5.54. The lowest BCUT2D eigenvalue weighted by Gasteiger charge is -2.24. The summed E-state index contributed by atoms with van der Waals surface area (Å²) in [7, 11) is 2.05. The van der Waals surface area contributed by atoms with Crippen molar-refractivity contribution in [3.8, 4) is 0 Å². The topological polar surface area (TPSA) is 41.1 Å². The highest BCUT2D eigenvalue weighted by atomic mass is 15.2. The van der Waals surface area contributed by atoms with Gasteiger partial charge >= 0.3 is 0 Å². The van der Waals surface area contributed by atoms with E-state index in [4.69, 9.17) is 0 Å². The van der Waals surface area contributed by atoms with E-state index in [1.54, 1.807) is 6.33 Å². The van der Waals surface area contributed by atoms with Crippen LogP contribution < -0.4 is 10.2 Å². The van der Waals surface area contributed by atoms with Crippen LogP contribution in [0.15, 0.2) is 30.6 Å². The van der Waals surface area contributed by atoms with Crippen molar-refractivity contribution >= 4 is 17.3 Å². The predicted octanol–water partition coefficient (Wildman–Crippen LogP) is 4.11. The van der Waals surface area contributed by atoms with Gasteiger partial charge in [-0.3, -0.25) is 0 Å². The SMILES string of the molecule is CCNc1ncnc(N(C)c2cccc(C)c2)c1C(C)C. The number of aromatic nitrogens is 2. The third kappa shape index (κ3) is 3.32. The Labute approximate surface area is 127 Å². The third-order valence-electron chi connectivity index (χ3n) is 3.49. The first-order valence-corrected chi connectivity index (χ1v) is 7.43. The highest BCUT2D eigenvalue weighted by Crippen LogP contribution is 2.33. The van der Waals surface area contributed by atoms with Gasteiger partial charge in [-0.15, -0.1) is 0 Å². The molecule has 1 N–H and O–H groups in total. The van der Waals surface area contributed by atoms with Crippen LogP contribution in [-0.4, -0.2) is 23.6 Å². The van der Waals surface area contributed by atoms with E-state index in [1.807, 2.05) is 0 Å². The molecule has 0 saturated carbocycles. The minimum Gasteiger partial charge on any atom is -0.370 e. The van der Waals surface area contributed by atoms with Crippen LogP contribution in [0.5, 0.6) is 0 Å². The summed E-state index contributed by atoms with van der Waals surface area (Å²) in [5.74, 6) is 2.24. The molecule has 21 heavy (non-hydrogen) atoms. The average Bonchev–Trinajstić information content (AvgIpc) is 2.46. The zero-order valence-electron chi connectivity index (χ0n) is 13.5. The maximum atomic E-state index is 4.52. The normalized spacial score (nSPS) is 10.8. The third-order valence-corrected chi connectivity index (χ3v) is 3.49. The Hall–Kier alpha value is -2.10. The fraction of sp³-hybridized carbons (Fsp3) is 0.412. The first-order chi connectivity index (χ1) is 10.0. The van der Waals surface area contributed by atoms with Gasteiger partial charge < -0.3 is 10.2 Å². The molecule has 0 aliphatic heterocycles. The van der Waals surface area contributed by atoms with E-state index >= 15 is 0 Å². The molecule has 0 atom stereocenters. The molecule has 0 unspecified atom stereocenters. The van der Waals surface area contributed by atoms with Gasteiger partial charge in [0.05, 0.1) is 0 Å². The van der Waals surface area contributed by atoms with E-state index in [0.717, 1.165) is 29.4 Å². The van der Waals surface area contributed by atoms with Crippen LogP contribution in [0.2, 0.25) is 0 Å². The largest absolute Gasteiger partial charge is 0.370 e.